The lowest BCUT2D eigenvalue weighted by Gasteiger charge is -2.23. The van der Waals surface area contributed by atoms with E-state index in [1.54, 1.807) is 6.33 Å². The van der Waals surface area contributed by atoms with E-state index < -0.39 is 6.43 Å². The zero-order chi connectivity index (χ0) is 10.7. The summed E-state index contributed by atoms with van der Waals surface area (Å²) in [4.78, 5) is 7.22. The zero-order valence-electron chi connectivity index (χ0n) is 8.26. The van der Waals surface area contributed by atoms with Gasteiger partial charge in [0.1, 0.15) is 0 Å². The molecule has 1 atom stereocenters. The van der Waals surface area contributed by atoms with E-state index in [1.165, 1.54) is 0 Å². The van der Waals surface area contributed by atoms with Crippen molar-refractivity contribution in [2.45, 2.75) is 25.4 Å². The lowest BCUT2D eigenvalue weighted by atomic mass is 10.1. The van der Waals surface area contributed by atoms with Crippen LogP contribution in [0.3, 0.4) is 0 Å². The number of imidazole rings is 1. The molecule has 2 rings (SSSR count). The number of alkyl halides is 2. The fraction of sp³-hybridized carbons (Fsp3) is 0.667. The van der Waals surface area contributed by atoms with Gasteiger partial charge in [0, 0.05) is 25.6 Å². The first kappa shape index (κ1) is 10.5. The highest BCUT2D eigenvalue weighted by atomic mass is 19.3. The predicted molar refractivity (Wildman–Crippen MR) is 51.8 cm³/mol. The van der Waals surface area contributed by atoms with Gasteiger partial charge in [-0.25, -0.2) is 13.8 Å². The van der Waals surface area contributed by atoms with Gasteiger partial charge in [-0.05, 0) is 0 Å². The highest BCUT2D eigenvalue weighted by molar-refractivity contribution is 5.15. The molecular weight excluding hydrogens is 202 g/mol. The summed E-state index contributed by atoms with van der Waals surface area (Å²) < 4.78 is 23.8. The van der Waals surface area contributed by atoms with Crippen molar-refractivity contribution in [3.05, 3.63) is 17.7 Å². The van der Waals surface area contributed by atoms with Gasteiger partial charge in [0.2, 0.25) is 0 Å². The van der Waals surface area contributed by atoms with E-state index in [2.05, 4.69) is 20.6 Å². The van der Waals surface area contributed by atoms with Crippen LogP contribution in [0.1, 0.15) is 11.4 Å². The standard InChI is InChI=1S/C9H14F2N4/c10-9(11)4-12-2-6-1-7-8(3-13-6)15-5-14-7/h5-6,9,12-13H,1-4H2,(H,14,15). The Morgan fingerprint density at radius 2 is 2.47 bits per heavy atom. The molecule has 15 heavy (non-hydrogen) atoms. The number of hydrogen-bond acceptors (Lipinski definition) is 3. The number of aromatic amines is 1. The summed E-state index contributed by atoms with van der Waals surface area (Å²) in [6.07, 6.45) is 0.172. The van der Waals surface area contributed by atoms with Gasteiger partial charge in [0.05, 0.1) is 24.3 Å². The van der Waals surface area contributed by atoms with Gasteiger partial charge in [-0.15, -0.1) is 0 Å². The first-order valence-corrected chi connectivity index (χ1v) is 4.99. The summed E-state index contributed by atoms with van der Waals surface area (Å²) in [6, 6.07) is 0.194. The van der Waals surface area contributed by atoms with Crippen molar-refractivity contribution in [3.8, 4) is 0 Å². The average Bonchev–Trinajstić information content (AvgIpc) is 2.64. The molecular formula is C9H14F2N4. The Morgan fingerprint density at radius 3 is 3.27 bits per heavy atom. The summed E-state index contributed by atoms with van der Waals surface area (Å²) in [7, 11) is 0. The molecule has 0 spiro atoms. The van der Waals surface area contributed by atoms with Crippen LogP contribution >= 0.6 is 0 Å². The van der Waals surface area contributed by atoms with Crippen LogP contribution in [-0.2, 0) is 13.0 Å². The summed E-state index contributed by atoms with van der Waals surface area (Å²) in [5.41, 5.74) is 2.14. The molecule has 0 aromatic carbocycles. The van der Waals surface area contributed by atoms with Gasteiger partial charge in [-0.1, -0.05) is 0 Å². The van der Waals surface area contributed by atoms with Gasteiger partial charge in [-0.3, -0.25) is 0 Å². The molecule has 0 saturated heterocycles. The second-order valence-corrected chi connectivity index (χ2v) is 3.66. The number of halogens is 2. The molecule has 1 aliphatic rings. The number of nitrogens with one attached hydrogen (secondary N) is 3. The van der Waals surface area contributed by atoms with Gasteiger partial charge < -0.3 is 15.6 Å². The maximum atomic E-state index is 11.9. The molecule has 0 amide bonds. The fourth-order valence-electron chi connectivity index (χ4n) is 1.74. The van der Waals surface area contributed by atoms with E-state index in [0.29, 0.717) is 6.54 Å². The van der Waals surface area contributed by atoms with Crippen LogP contribution in [0.5, 0.6) is 0 Å². The maximum absolute atomic E-state index is 11.9. The molecule has 84 valence electrons. The third-order valence-electron chi connectivity index (χ3n) is 2.50. The van der Waals surface area contributed by atoms with Gasteiger partial charge >= 0.3 is 0 Å². The molecule has 3 N–H and O–H groups in total. The molecule has 0 saturated carbocycles. The van der Waals surface area contributed by atoms with Crippen LogP contribution in [0.25, 0.3) is 0 Å². The number of H-pyrrole nitrogens is 1. The van der Waals surface area contributed by atoms with E-state index in [1.807, 2.05) is 0 Å². The molecule has 0 bridgehead atoms. The quantitative estimate of drug-likeness (QED) is 0.677. The Hall–Kier alpha value is -1.01. The topological polar surface area (TPSA) is 52.7 Å². The van der Waals surface area contributed by atoms with Crippen LogP contribution in [0.4, 0.5) is 8.78 Å². The molecule has 2 heterocycles. The number of rotatable bonds is 4. The Kier molecular flexibility index (Phi) is 3.27. The van der Waals surface area contributed by atoms with Gasteiger partial charge in [0.15, 0.2) is 0 Å². The van der Waals surface area contributed by atoms with Crippen molar-refractivity contribution < 1.29 is 8.78 Å². The van der Waals surface area contributed by atoms with Crippen LogP contribution in [0, 0.1) is 0 Å². The van der Waals surface area contributed by atoms with Gasteiger partial charge in [0.25, 0.3) is 6.43 Å². The maximum Gasteiger partial charge on any atom is 0.250 e. The van der Waals surface area contributed by atoms with E-state index in [9.17, 15) is 8.78 Å². The Bertz CT molecular complexity index is 313. The summed E-state index contributed by atoms with van der Waals surface area (Å²) in [5, 5.41) is 5.98. The third-order valence-corrected chi connectivity index (χ3v) is 2.50. The van der Waals surface area contributed by atoms with Crippen molar-refractivity contribution >= 4 is 0 Å². The number of hydrogen-bond donors (Lipinski definition) is 3. The minimum Gasteiger partial charge on any atom is -0.347 e. The second-order valence-electron chi connectivity index (χ2n) is 3.66. The van der Waals surface area contributed by atoms with Crippen molar-refractivity contribution in [2.24, 2.45) is 0 Å². The Balaban J connectivity index is 1.78. The Morgan fingerprint density at radius 1 is 1.60 bits per heavy atom. The summed E-state index contributed by atoms with van der Waals surface area (Å²) >= 11 is 0. The number of nitrogens with zero attached hydrogens (tertiary/aromatic N) is 1. The van der Waals surface area contributed by atoms with E-state index in [4.69, 9.17) is 0 Å². The molecule has 1 aromatic heterocycles. The van der Waals surface area contributed by atoms with E-state index in [0.717, 1.165) is 24.4 Å². The van der Waals surface area contributed by atoms with Crippen LogP contribution < -0.4 is 10.6 Å². The molecule has 1 aliphatic heterocycles. The fourth-order valence-corrected chi connectivity index (χ4v) is 1.74. The third kappa shape index (κ3) is 2.73. The minimum absolute atomic E-state index is 0.194. The lowest BCUT2D eigenvalue weighted by Crippen LogP contribution is -2.43. The predicted octanol–water partition coefficient (Wildman–Crippen LogP) is 0.279. The largest absolute Gasteiger partial charge is 0.347 e. The zero-order valence-corrected chi connectivity index (χ0v) is 8.26. The first-order chi connectivity index (χ1) is 7.25. The molecule has 1 aromatic rings. The smallest absolute Gasteiger partial charge is 0.250 e. The van der Waals surface area contributed by atoms with Crippen LogP contribution in [0.2, 0.25) is 0 Å². The van der Waals surface area contributed by atoms with Crippen molar-refractivity contribution in [2.75, 3.05) is 13.1 Å². The summed E-state index contributed by atoms with van der Waals surface area (Å²) in [5.74, 6) is 0. The number of fused-ring (bicyclic) bond motifs is 1. The average molecular weight is 216 g/mol. The molecule has 4 nitrogen and oxygen atoms in total. The molecule has 0 fully saturated rings. The molecule has 0 radical (unpaired) electrons. The van der Waals surface area contributed by atoms with E-state index in [-0.39, 0.29) is 12.6 Å². The Labute approximate surface area is 86.5 Å². The highest BCUT2D eigenvalue weighted by Gasteiger charge is 2.19. The van der Waals surface area contributed by atoms with Crippen molar-refractivity contribution in [1.82, 2.24) is 20.6 Å². The molecule has 1 unspecified atom stereocenters. The van der Waals surface area contributed by atoms with Gasteiger partial charge in [-0.2, -0.15) is 0 Å². The highest BCUT2D eigenvalue weighted by Crippen LogP contribution is 2.11. The van der Waals surface area contributed by atoms with Crippen LogP contribution in [-0.4, -0.2) is 35.5 Å². The second kappa shape index (κ2) is 4.67. The summed E-state index contributed by atoms with van der Waals surface area (Å²) in [6.45, 7) is 1.04. The normalized spacial score (nSPS) is 20.6. The van der Waals surface area contributed by atoms with E-state index >= 15 is 0 Å². The monoisotopic (exact) mass is 216 g/mol. The first-order valence-electron chi connectivity index (χ1n) is 4.99. The number of aromatic nitrogens is 2. The minimum atomic E-state index is -2.28. The SMILES string of the molecule is FC(F)CNCC1Cc2nc[nH]c2CN1. The molecule has 6 heteroatoms. The van der Waals surface area contributed by atoms with Crippen molar-refractivity contribution in [1.29, 1.82) is 0 Å². The van der Waals surface area contributed by atoms with Crippen molar-refractivity contribution in [3.63, 3.8) is 0 Å². The molecule has 0 aliphatic carbocycles. The lowest BCUT2D eigenvalue weighted by molar-refractivity contribution is 0.144. The van der Waals surface area contributed by atoms with Crippen LogP contribution in [0.15, 0.2) is 6.33 Å².